The first-order valence-electron chi connectivity index (χ1n) is 4.85. The second-order valence-electron chi connectivity index (χ2n) is 3.36. The Bertz CT molecular complexity index is 379. The van der Waals surface area contributed by atoms with Crippen LogP contribution in [0.25, 0.3) is 0 Å². The lowest BCUT2D eigenvalue weighted by molar-refractivity contribution is 0.0952. The van der Waals surface area contributed by atoms with Gasteiger partial charge in [-0.25, -0.2) is 4.79 Å². The second-order valence-corrected chi connectivity index (χ2v) is 3.36. The van der Waals surface area contributed by atoms with Gasteiger partial charge in [0.15, 0.2) is 0 Å². The maximum absolute atomic E-state index is 11.7. The van der Waals surface area contributed by atoms with Crippen molar-refractivity contribution in [1.82, 2.24) is 20.8 Å². The molecule has 88 valence electrons. The predicted octanol–water partition coefficient (Wildman–Crippen LogP) is -0.575. The van der Waals surface area contributed by atoms with Crippen LogP contribution in [0.4, 0.5) is 4.79 Å². The number of aryl methyl sites for hydroxylation is 2. The van der Waals surface area contributed by atoms with Crippen LogP contribution >= 0.6 is 0 Å². The van der Waals surface area contributed by atoms with Gasteiger partial charge in [-0.2, -0.15) is 5.10 Å². The molecule has 3 amide bonds. The molecule has 1 aromatic rings. The highest BCUT2D eigenvalue weighted by atomic mass is 16.2. The summed E-state index contributed by atoms with van der Waals surface area (Å²) in [7, 11) is 0. The quantitative estimate of drug-likeness (QED) is 0.514. The molecule has 0 bridgehead atoms. The first-order valence-corrected chi connectivity index (χ1v) is 4.85. The fourth-order valence-electron chi connectivity index (χ4n) is 1.34. The average molecular weight is 225 g/mol. The molecular weight excluding hydrogens is 210 g/mol. The van der Waals surface area contributed by atoms with Crippen molar-refractivity contribution in [1.29, 1.82) is 0 Å². The lowest BCUT2D eigenvalue weighted by Gasteiger charge is -2.05. The molecule has 0 fully saturated rings. The van der Waals surface area contributed by atoms with Crippen LogP contribution in [0.5, 0.6) is 0 Å². The van der Waals surface area contributed by atoms with Crippen molar-refractivity contribution in [2.45, 2.75) is 13.8 Å². The molecule has 16 heavy (non-hydrogen) atoms. The molecule has 0 aromatic carbocycles. The van der Waals surface area contributed by atoms with Crippen molar-refractivity contribution in [2.24, 2.45) is 5.73 Å². The maximum atomic E-state index is 11.7. The Hall–Kier alpha value is -2.05. The second kappa shape index (κ2) is 5.15. The van der Waals surface area contributed by atoms with Gasteiger partial charge in [-0.1, -0.05) is 0 Å². The van der Waals surface area contributed by atoms with E-state index in [1.165, 1.54) is 0 Å². The summed E-state index contributed by atoms with van der Waals surface area (Å²) >= 11 is 0. The molecule has 0 aliphatic rings. The van der Waals surface area contributed by atoms with Gasteiger partial charge in [-0.15, -0.1) is 0 Å². The molecule has 0 spiro atoms. The number of carbonyl (C=O) groups excluding carboxylic acids is 2. The van der Waals surface area contributed by atoms with Gasteiger partial charge in [0, 0.05) is 18.8 Å². The number of aromatic nitrogens is 2. The van der Waals surface area contributed by atoms with E-state index < -0.39 is 6.03 Å². The molecule has 1 aromatic heterocycles. The third kappa shape index (κ3) is 2.97. The number of primary amides is 1. The average Bonchev–Trinajstić information content (AvgIpc) is 2.53. The third-order valence-electron chi connectivity index (χ3n) is 2.06. The van der Waals surface area contributed by atoms with E-state index in [9.17, 15) is 9.59 Å². The Kier molecular flexibility index (Phi) is 3.87. The molecule has 5 N–H and O–H groups in total. The molecular formula is C9H15N5O2. The molecule has 7 nitrogen and oxygen atoms in total. The summed E-state index contributed by atoms with van der Waals surface area (Å²) in [5.41, 5.74) is 6.79. The molecule has 0 saturated heterocycles. The number of H-pyrrole nitrogens is 1. The first kappa shape index (κ1) is 12.0. The zero-order valence-electron chi connectivity index (χ0n) is 9.26. The van der Waals surface area contributed by atoms with E-state index in [2.05, 4.69) is 20.8 Å². The summed E-state index contributed by atoms with van der Waals surface area (Å²) in [6, 6.07) is -0.607. The highest BCUT2D eigenvalue weighted by molar-refractivity contribution is 5.96. The minimum Gasteiger partial charge on any atom is -0.352 e. The van der Waals surface area contributed by atoms with Crippen LogP contribution in [0.1, 0.15) is 21.7 Å². The Morgan fingerprint density at radius 3 is 2.44 bits per heavy atom. The van der Waals surface area contributed by atoms with E-state index in [0.29, 0.717) is 24.3 Å². The van der Waals surface area contributed by atoms with Crippen LogP contribution in [0, 0.1) is 13.8 Å². The first-order chi connectivity index (χ1) is 7.52. The number of hydrogen-bond donors (Lipinski definition) is 4. The summed E-state index contributed by atoms with van der Waals surface area (Å²) in [5.74, 6) is -0.213. The van der Waals surface area contributed by atoms with Crippen LogP contribution in [0.3, 0.4) is 0 Å². The van der Waals surface area contributed by atoms with Gasteiger partial charge in [-0.05, 0) is 13.8 Å². The number of hydrogen-bond acceptors (Lipinski definition) is 3. The minimum absolute atomic E-state index is 0.213. The summed E-state index contributed by atoms with van der Waals surface area (Å²) in [5, 5.41) is 11.7. The van der Waals surface area contributed by atoms with Crippen molar-refractivity contribution < 1.29 is 9.59 Å². The summed E-state index contributed by atoms with van der Waals surface area (Å²) < 4.78 is 0. The number of nitrogens with two attached hydrogens (primary N) is 1. The van der Waals surface area contributed by atoms with Gasteiger partial charge in [0.05, 0.1) is 11.3 Å². The van der Waals surface area contributed by atoms with Crippen molar-refractivity contribution in [3.63, 3.8) is 0 Å². The van der Waals surface area contributed by atoms with E-state index in [0.717, 1.165) is 5.69 Å². The topological polar surface area (TPSA) is 113 Å². The number of rotatable bonds is 4. The molecule has 0 radical (unpaired) electrons. The van der Waals surface area contributed by atoms with Gasteiger partial charge in [0.2, 0.25) is 0 Å². The fraction of sp³-hybridized carbons (Fsp3) is 0.444. The lowest BCUT2D eigenvalue weighted by Crippen LogP contribution is -2.37. The smallest absolute Gasteiger partial charge is 0.312 e. The van der Waals surface area contributed by atoms with Gasteiger partial charge < -0.3 is 16.4 Å². The maximum Gasteiger partial charge on any atom is 0.312 e. The number of nitrogens with one attached hydrogen (secondary N) is 3. The van der Waals surface area contributed by atoms with Crippen molar-refractivity contribution in [3.8, 4) is 0 Å². The molecule has 0 unspecified atom stereocenters. The molecule has 1 rings (SSSR count). The molecule has 0 saturated carbocycles. The zero-order valence-corrected chi connectivity index (χ0v) is 9.26. The largest absolute Gasteiger partial charge is 0.352 e. The van der Waals surface area contributed by atoms with Crippen LogP contribution in [0.15, 0.2) is 0 Å². The normalized spacial score (nSPS) is 9.88. The predicted molar refractivity (Wildman–Crippen MR) is 58.0 cm³/mol. The number of nitrogens with zero attached hydrogens (tertiary/aromatic N) is 1. The van der Waals surface area contributed by atoms with E-state index in [1.54, 1.807) is 13.8 Å². The van der Waals surface area contributed by atoms with Crippen LogP contribution in [0.2, 0.25) is 0 Å². The van der Waals surface area contributed by atoms with Crippen molar-refractivity contribution >= 4 is 11.9 Å². The zero-order chi connectivity index (χ0) is 12.1. The lowest BCUT2D eigenvalue weighted by atomic mass is 10.2. The standard InChI is InChI=1S/C9H15N5O2/c1-5-7(6(2)14-13-5)8(15)11-3-4-12-9(10)16/h3-4H2,1-2H3,(H,11,15)(H,13,14)(H3,10,12,16). The molecule has 7 heteroatoms. The fourth-order valence-corrected chi connectivity index (χ4v) is 1.34. The summed E-state index contributed by atoms with van der Waals surface area (Å²) in [6.45, 7) is 4.15. The van der Waals surface area contributed by atoms with Crippen molar-refractivity contribution in [3.05, 3.63) is 17.0 Å². The van der Waals surface area contributed by atoms with E-state index >= 15 is 0 Å². The molecule has 0 aliphatic carbocycles. The van der Waals surface area contributed by atoms with Gasteiger partial charge in [-0.3, -0.25) is 9.89 Å². The van der Waals surface area contributed by atoms with E-state index in [1.807, 2.05) is 0 Å². The third-order valence-corrected chi connectivity index (χ3v) is 2.06. The van der Waals surface area contributed by atoms with Crippen LogP contribution in [-0.4, -0.2) is 35.2 Å². The summed E-state index contributed by atoms with van der Waals surface area (Å²) in [6.07, 6.45) is 0. The minimum atomic E-state index is -0.607. The van der Waals surface area contributed by atoms with E-state index in [-0.39, 0.29) is 5.91 Å². The molecule has 0 aliphatic heterocycles. The number of urea groups is 1. The Morgan fingerprint density at radius 1 is 1.31 bits per heavy atom. The van der Waals surface area contributed by atoms with Crippen LogP contribution in [-0.2, 0) is 0 Å². The number of carbonyl (C=O) groups is 2. The Labute approximate surface area is 92.8 Å². The molecule has 1 heterocycles. The Balaban J connectivity index is 2.44. The van der Waals surface area contributed by atoms with E-state index in [4.69, 9.17) is 5.73 Å². The van der Waals surface area contributed by atoms with Crippen molar-refractivity contribution in [2.75, 3.05) is 13.1 Å². The van der Waals surface area contributed by atoms with Gasteiger partial charge >= 0.3 is 6.03 Å². The number of aromatic amines is 1. The van der Waals surface area contributed by atoms with Gasteiger partial charge in [0.25, 0.3) is 5.91 Å². The SMILES string of the molecule is Cc1n[nH]c(C)c1C(=O)NCCNC(N)=O. The van der Waals surface area contributed by atoms with Gasteiger partial charge in [0.1, 0.15) is 0 Å². The number of amides is 3. The monoisotopic (exact) mass is 225 g/mol. The summed E-state index contributed by atoms with van der Waals surface area (Å²) in [4.78, 5) is 22.0. The van der Waals surface area contributed by atoms with Crippen LogP contribution < -0.4 is 16.4 Å². The highest BCUT2D eigenvalue weighted by Gasteiger charge is 2.14. The highest BCUT2D eigenvalue weighted by Crippen LogP contribution is 2.08. The molecule has 0 atom stereocenters. The Morgan fingerprint density at radius 2 is 1.94 bits per heavy atom.